The molecular weight excluding hydrogens is 216 g/mol. The monoisotopic (exact) mass is 242 g/mol. The van der Waals surface area contributed by atoms with Crippen LogP contribution in [0.25, 0.3) is 0 Å². The normalized spacial score (nSPS) is 30.7. The third-order valence-corrected chi connectivity index (χ3v) is 3.30. The van der Waals surface area contributed by atoms with Gasteiger partial charge < -0.3 is 14.2 Å². The van der Waals surface area contributed by atoms with Crippen LogP contribution >= 0.6 is 0 Å². The molecule has 2 aliphatic rings. The van der Waals surface area contributed by atoms with Gasteiger partial charge in [0.25, 0.3) is 0 Å². The molecule has 0 N–H and O–H groups in total. The third-order valence-electron chi connectivity index (χ3n) is 3.30. The highest BCUT2D eigenvalue weighted by molar-refractivity contribution is 4.87. The summed E-state index contributed by atoms with van der Waals surface area (Å²) < 4.78 is 17.1. The first-order valence-corrected chi connectivity index (χ1v) is 6.95. The Labute approximate surface area is 105 Å². The summed E-state index contributed by atoms with van der Waals surface area (Å²) in [6.45, 7) is 10.7. The summed E-state index contributed by atoms with van der Waals surface area (Å²) in [7, 11) is 0. The summed E-state index contributed by atoms with van der Waals surface area (Å²) in [5.74, 6) is 1.31. The molecule has 2 rings (SSSR count). The predicted octanol–water partition coefficient (Wildman–Crippen LogP) is 2.63. The molecule has 4 unspecified atom stereocenters. The van der Waals surface area contributed by atoms with Crippen molar-refractivity contribution in [2.45, 2.75) is 65.0 Å². The van der Waals surface area contributed by atoms with E-state index in [4.69, 9.17) is 14.2 Å². The molecule has 0 aromatic heterocycles. The molecule has 2 saturated heterocycles. The average Bonchev–Trinajstić information content (AvgIpc) is 3.07. The Morgan fingerprint density at radius 1 is 0.882 bits per heavy atom. The van der Waals surface area contributed by atoms with Gasteiger partial charge in [0.15, 0.2) is 0 Å². The second kappa shape index (κ2) is 5.68. The fourth-order valence-corrected chi connectivity index (χ4v) is 2.28. The zero-order chi connectivity index (χ0) is 12.4. The van der Waals surface area contributed by atoms with Gasteiger partial charge in [0.05, 0.1) is 25.4 Å². The van der Waals surface area contributed by atoms with Crippen LogP contribution in [0.3, 0.4) is 0 Å². The lowest BCUT2D eigenvalue weighted by Gasteiger charge is -2.25. The molecule has 4 atom stereocenters. The molecule has 0 bridgehead atoms. The van der Waals surface area contributed by atoms with Crippen molar-refractivity contribution in [3.63, 3.8) is 0 Å². The van der Waals surface area contributed by atoms with E-state index in [0.29, 0.717) is 24.0 Å². The minimum atomic E-state index is 0.267. The van der Waals surface area contributed by atoms with E-state index in [-0.39, 0.29) is 12.2 Å². The number of hydrogen-bond acceptors (Lipinski definition) is 3. The van der Waals surface area contributed by atoms with E-state index in [0.717, 1.165) is 26.1 Å². The minimum Gasteiger partial charge on any atom is -0.370 e. The lowest BCUT2D eigenvalue weighted by atomic mass is 10.0. The molecule has 3 nitrogen and oxygen atoms in total. The van der Waals surface area contributed by atoms with Gasteiger partial charge in [-0.2, -0.15) is 0 Å². The van der Waals surface area contributed by atoms with E-state index >= 15 is 0 Å². The van der Waals surface area contributed by atoms with Crippen LogP contribution in [0.1, 0.15) is 40.5 Å². The van der Waals surface area contributed by atoms with E-state index < -0.39 is 0 Å². The van der Waals surface area contributed by atoms with Gasteiger partial charge in [-0.25, -0.2) is 0 Å². The highest BCUT2D eigenvalue weighted by atomic mass is 16.6. The van der Waals surface area contributed by atoms with Crippen LogP contribution in [0, 0.1) is 11.8 Å². The van der Waals surface area contributed by atoms with Crippen LogP contribution in [0.15, 0.2) is 0 Å². The van der Waals surface area contributed by atoms with Gasteiger partial charge in [-0.3, -0.25) is 0 Å². The Morgan fingerprint density at radius 3 is 1.47 bits per heavy atom. The zero-order valence-electron chi connectivity index (χ0n) is 11.5. The largest absolute Gasteiger partial charge is 0.370 e. The first kappa shape index (κ1) is 13.3. The van der Waals surface area contributed by atoms with Crippen LogP contribution in [0.5, 0.6) is 0 Å². The molecule has 17 heavy (non-hydrogen) atoms. The van der Waals surface area contributed by atoms with E-state index in [1.165, 1.54) is 0 Å². The lowest BCUT2D eigenvalue weighted by molar-refractivity contribution is -0.0545. The lowest BCUT2D eigenvalue weighted by Crippen LogP contribution is -2.32. The van der Waals surface area contributed by atoms with Gasteiger partial charge in [0.2, 0.25) is 0 Å². The molecule has 0 aliphatic carbocycles. The topological polar surface area (TPSA) is 34.3 Å². The van der Waals surface area contributed by atoms with Crippen LogP contribution in [0.2, 0.25) is 0 Å². The van der Waals surface area contributed by atoms with Crippen molar-refractivity contribution < 1.29 is 14.2 Å². The van der Waals surface area contributed by atoms with E-state index in [2.05, 4.69) is 27.7 Å². The standard InChI is InChI=1S/C14H26O3/c1-9(2)5-11(13-7-15-13)17-12(6-10(3)4)14-8-16-14/h9-14H,5-8H2,1-4H3. The summed E-state index contributed by atoms with van der Waals surface area (Å²) in [4.78, 5) is 0. The predicted molar refractivity (Wildman–Crippen MR) is 67.1 cm³/mol. The zero-order valence-corrected chi connectivity index (χ0v) is 11.5. The fourth-order valence-electron chi connectivity index (χ4n) is 2.28. The summed E-state index contributed by atoms with van der Waals surface area (Å²) >= 11 is 0. The summed E-state index contributed by atoms with van der Waals surface area (Å²) in [6.07, 6.45) is 3.39. The van der Waals surface area contributed by atoms with Gasteiger partial charge in [-0.05, 0) is 24.7 Å². The number of rotatable bonds is 8. The Bertz CT molecular complexity index is 208. The Balaban J connectivity index is 1.84. The van der Waals surface area contributed by atoms with Crippen molar-refractivity contribution in [3.8, 4) is 0 Å². The second-order valence-corrected chi connectivity index (χ2v) is 6.22. The molecule has 100 valence electrons. The molecule has 0 saturated carbocycles. The molecule has 2 fully saturated rings. The van der Waals surface area contributed by atoms with Crippen LogP contribution in [0.4, 0.5) is 0 Å². The maximum absolute atomic E-state index is 6.27. The average molecular weight is 242 g/mol. The van der Waals surface area contributed by atoms with Gasteiger partial charge >= 0.3 is 0 Å². The quantitative estimate of drug-likeness (QED) is 0.614. The van der Waals surface area contributed by atoms with Crippen LogP contribution < -0.4 is 0 Å². The van der Waals surface area contributed by atoms with Gasteiger partial charge in [-0.15, -0.1) is 0 Å². The summed E-state index contributed by atoms with van der Waals surface area (Å²) in [6, 6.07) is 0. The van der Waals surface area contributed by atoms with Crippen molar-refractivity contribution >= 4 is 0 Å². The van der Waals surface area contributed by atoms with Gasteiger partial charge in [0, 0.05) is 0 Å². The highest BCUT2D eigenvalue weighted by Gasteiger charge is 2.40. The Kier molecular flexibility index (Phi) is 4.45. The number of ether oxygens (including phenoxy) is 3. The summed E-state index contributed by atoms with van der Waals surface area (Å²) in [5.41, 5.74) is 0. The highest BCUT2D eigenvalue weighted by Crippen LogP contribution is 2.30. The Hall–Kier alpha value is -0.120. The van der Waals surface area contributed by atoms with E-state index in [1.54, 1.807) is 0 Å². The molecule has 0 radical (unpaired) electrons. The smallest absolute Gasteiger partial charge is 0.107 e. The van der Waals surface area contributed by atoms with Gasteiger partial charge in [0.1, 0.15) is 12.2 Å². The molecule has 2 heterocycles. The van der Waals surface area contributed by atoms with Crippen molar-refractivity contribution in [1.29, 1.82) is 0 Å². The van der Waals surface area contributed by atoms with Gasteiger partial charge in [-0.1, -0.05) is 27.7 Å². The molecule has 0 spiro atoms. The molecule has 3 heteroatoms. The SMILES string of the molecule is CC(C)CC(OC(CC(C)C)C1CO1)C1CO1. The third kappa shape index (κ3) is 4.57. The number of hydrogen-bond donors (Lipinski definition) is 0. The van der Waals surface area contributed by atoms with Crippen molar-refractivity contribution in [2.24, 2.45) is 11.8 Å². The first-order valence-electron chi connectivity index (χ1n) is 6.95. The molecule has 0 aromatic carbocycles. The maximum atomic E-state index is 6.27. The van der Waals surface area contributed by atoms with Crippen molar-refractivity contribution in [3.05, 3.63) is 0 Å². The number of epoxide rings is 2. The molecule has 2 aliphatic heterocycles. The molecule has 0 aromatic rings. The molecular formula is C14H26O3. The van der Waals surface area contributed by atoms with Crippen molar-refractivity contribution in [1.82, 2.24) is 0 Å². The maximum Gasteiger partial charge on any atom is 0.107 e. The minimum absolute atomic E-state index is 0.267. The summed E-state index contributed by atoms with van der Waals surface area (Å²) in [5, 5.41) is 0. The fraction of sp³-hybridized carbons (Fsp3) is 1.00. The van der Waals surface area contributed by atoms with E-state index in [9.17, 15) is 0 Å². The van der Waals surface area contributed by atoms with Crippen LogP contribution in [-0.2, 0) is 14.2 Å². The first-order chi connectivity index (χ1) is 8.06. The Morgan fingerprint density at radius 2 is 1.24 bits per heavy atom. The second-order valence-electron chi connectivity index (χ2n) is 6.22. The van der Waals surface area contributed by atoms with E-state index in [1.807, 2.05) is 0 Å². The van der Waals surface area contributed by atoms with Crippen LogP contribution in [-0.4, -0.2) is 37.6 Å². The molecule has 0 amide bonds. The van der Waals surface area contributed by atoms with Crippen molar-refractivity contribution in [2.75, 3.05) is 13.2 Å².